The van der Waals surface area contributed by atoms with Crippen LogP contribution in [-0.4, -0.2) is 17.6 Å². The lowest BCUT2D eigenvalue weighted by Gasteiger charge is -2.02. The third-order valence-corrected chi connectivity index (χ3v) is 3.48. The number of halogens is 1. The molecule has 0 saturated heterocycles. The Labute approximate surface area is 115 Å². The van der Waals surface area contributed by atoms with Crippen molar-refractivity contribution < 1.29 is 9.53 Å². The predicted octanol–water partition coefficient (Wildman–Crippen LogP) is 4.12. The van der Waals surface area contributed by atoms with Crippen LogP contribution in [0.25, 0.3) is 21.8 Å². The SMILES string of the molecule is COc1ccc2c(c1)c1cc(Cl)ccc1n2C(C)=O. The van der Waals surface area contributed by atoms with Gasteiger partial charge in [0.25, 0.3) is 0 Å². The summed E-state index contributed by atoms with van der Waals surface area (Å²) in [5.41, 5.74) is 1.73. The minimum Gasteiger partial charge on any atom is -0.497 e. The van der Waals surface area contributed by atoms with Crippen LogP contribution in [-0.2, 0) is 0 Å². The highest BCUT2D eigenvalue weighted by atomic mass is 35.5. The lowest BCUT2D eigenvalue weighted by atomic mass is 10.1. The van der Waals surface area contributed by atoms with Gasteiger partial charge in [0, 0.05) is 22.7 Å². The van der Waals surface area contributed by atoms with Crippen molar-refractivity contribution >= 4 is 39.3 Å². The molecular weight excluding hydrogens is 262 g/mol. The van der Waals surface area contributed by atoms with Crippen LogP contribution < -0.4 is 4.74 Å². The molecule has 0 unspecified atom stereocenters. The van der Waals surface area contributed by atoms with Gasteiger partial charge in [-0.3, -0.25) is 9.36 Å². The van der Waals surface area contributed by atoms with Gasteiger partial charge in [-0.1, -0.05) is 11.6 Å². The lowest BCUT2D eigenvalue weighted by molar-refractivity contribution is 0.0946. The predicted molar refractivity (Wildman–Crippen MR) is 77.3 cm³/mol. The van der Waals surface area contributed by atoms with E-state index in [1.807, 2.05) is 30.3 Å². The quantitative estimate of drug-likeness (QED) is 0.668. The molecule has 3 aromatic rings. The van der Waals surface area contributed by atoms with E-state index >= 15 is 0 Å². The Kier molecular flexibility index (Phi) is 2.72. The minimum absolute atomic E-state index is 0.0208. The van der Waals surface area contributed by atoms with Gasteiger partial charge < -0.3 is 4.74 Å². The molecule has 4 heteroatoms. The number of hydrogen-bond donors (Lipinski definition) is 0. The number of benzene rings is 2. The molecule has 0 aliphatic rings. The number of carbonyl (C=O) groups excluding carboxylic acids is 1. The molecule has 0 atom stereocenters. The highest BCUT2D eigenvalue weighted by Crippen LogP contribution is 2.33. The summed E-state index contributed by atoms with van der Waals surface area (Å²) >= 11 is 6.06. The summed E-state index contributed by atoms with van der Waals surface area (Å²) in [6.07, 6.45) is 0. The van der Waals surface area contributed by atoms with Gasteiger partial charge in [-0.15, -0.1) is 0 Å². The smallest absolute Gasteiger partial charge is 0.228 e. The van der Waals surface area contributed by atoms with E-state index in [1.165, 1.54) is 0 Å². The van der Waals surface area contributed by atoms with Crippen LogP contribution in [0, 0.1) is 0 Å². The van der Waals surface area contributed by atoms with E-state index in [4.69, 9.17) is 16.3 Å². The average Bonchev–Trinajstić information content (AvgIpc) is 2.71. The van der Waals surface area contributed by atoms with Crippen molar-refractivity contribution in [2.75, 3.05) is 7.11 Å². The van der Waals surface area contributed by atoms with Crippen LogP contribution >= 0.6 is 11.6 Å². The maximum atomic E-state index is 11.9. The molecular formula is C15H12ClNO2. The van der Waals surface area contributed by atoms with Crippen LogP contribution in [0.5, 0.6) is 5.75 Å². The van der Waals surface area contributed by atoms with E-state index in [-0.39, 0.29) is 5.91 Å². The highest BCUT2D eigenvalue weighted by molar-refractivity contribution is 6.32. The molecule has 1 heterocycles. The molecule has 0 bridgehead atoms. The van der Waals surface area contributed by atoms with E-state index in [0.717, 1.165) is 27.6 Å². The van der Waals surface area contributed by atoms with Crippen molar-refractivity contribution in [2.45, 2.75) is 6.92 Å². The number of hydrogen-bond acceptors (Lipinski definition) is 2. The summed E-state index contributed by atoms with van der Waals surface area (Å²) in [6.45, 7) is 1.55. The summed E-state index contributed by atoms with van der Waals surface area (Å²) in [5, 5.41) is 2.57. The van der Waals surface area contributed by atoms with Gasteiger partial charge in [0.05, 0.1) is 18.1 Å². The number of methoxy groups -OCH3 is 1. The summed E-state index contributed by atoms with van der Waals surface area (Å²) in [7, 11) is 1.62. The Bertz CT molecular complexity index is 805. The number of ether oxygens (including phenoxy) is 1. The number of carbonyl (C=O) groups is 1. The molecule has 96 valence electrons. The van der Waals surface area contributed by atoms with Crippen molar-refractivity contribution in [1.29, 1.82) is 0 Å². The molecule has 0 spiro atoms. The average molecular weight is 274 g/mol. The summed E-state index contributed by atoms with van der Waals surface area (Å²) in [6, 6.07) is 11.2. The second-order valence-electron chi connectivity index (χ2n) is 4.40. The van der Waals surface area contributed by atoms with Crippen LogP contribution in [0.1, 0.15) is 11.7 Å². The topological polar surface area (TPSA) is 31.2 Å². The van der Waals surface area contributed by atoms with Gasteiger partial charge in [-0.2, -0.15) is 0 Å². The van der Waals surface area contributed by atoms with Crippen LogP contribution in [0.2, 0.25) is 5.02 Å². The monoisotopic (exact) mass is 273 g/mol. The van der Waals surface area contributed by atoms with E-state index in [2.05, 4.69) is 0 Å². The summed E-state index contributed by atoms with van der Waals surface area (Å²) in [4.78, 5) is 11.9. The fourth-order valence-corrected chi connectivity index (χ4v) is 2.61. The zero-order chi connectivity index (χ0) is 13.6. The van der Waals surface area contributed by atoms with E-state index < -0.39 is 0 Å². The fourth-order valence-electron chi connectivity index (χ4n) is 2.44. The molecule has 1 aromatic heterocycles. The number of aromatic nitrogens is 1. The number of rotatable bonds is 1. The van der Waals surface area contributed by atoms with Crippen molar-refractivity contribution in [3.05, 3.63) is 41.4 Å². The van der Waals surface area contributed by atoms with E-state index in [0.29, 0.717) is 5.02 Å². The summed E-state index contributed by atoms with van der Waals surface area (Å²) in [5.74, 6) is 0.738. The van der Waals surface area contributed by atoms with Gasteiger partial charge in [-0.25, -0.2) is 0 Å². The van der Waals surface area contributed by atoms with Crippen LogP contribution in [0.15, 0.2) is 36.4 Å². The Hall–Kier alpha value is -2.00. The Balaban J connectivity index is 2.53. The van der Waals surface area contributed by atoms with Gasteiger partial charge in [0.15, 0.2) is 0 Å². The maximum Gasteiger partial charge on any atom is 0.228 e. The van der Waals surface area contributed by atoms with Crippen molar-refractivity contribution in [3.63, 3.8) is 0 Å². The van der Waals surface area contributed by atoms with Gasteiger partial charge in [0.1, 0.15) is 5.75 Å². The molecule has 3 nitrogen and oxygen atoms in total. The summed E-state index contributed by atoms with van der Waals surface area (Å²) < 4.78 is 6.94. The minimum atomic E-state index is -0.0208. The molecule has 0 radical (unpaired) electrons. The van der Waals surface area contributed by atoms with Gasteiger partial charge in [0.2, 0.25) is 5.91 Å². The number of nitrogens with zero attached hydrogens (tertiary/aromatic N) is 1. The first-order valence-corrected chi connectivity index (χ1v) is 6.28. The Morgan fingerprint density at radius 2 is 1.74 bits per heavy atom. The fraction of sp³-hybridized carbons (Fsp3) is 0.133. The van der Waals surface area contributed by atoms with Gasteiger partial charge in [-0.05, 0) is 36.4 Å². The lowest BCUT2D eigenvalue weighted by Crippen LogP contribution is -2.04. The largest absolute Gasteiger partial charge is 0.497 e. The second kappa shape index (κ2) is 4.28. The molecule has 0 amide bonds. The van der Waals surface area contributed by atoms with Crippen LogP contribution in [0.3, 0.4) is 0 Å². The Morgan fingerprint density at radius 3 is 2.37 bits per heavy atom. The normalized spacial score (nSPS) is 11.1. The molecule has 19 heavy (non-hydrogen) atoms. The van der Waals surface area contributed by atoms with Crippen molar-refractivity contribution in [3.8, 4) is 5.75 Å². The molecule has 2 aromatic carbocycles. The van der Waals surface area contributed by atoms with Crippen LogP contribution in [0.4, 0.5) is 0 Å². The first-order valence-electron chi connectivity index (χ1n) is 5.90. The maximum absolute atomic E-state index is 11.9. The van der Waals surface area contributed by atoms with Crippen molar-refractivity contribution in [1.82, 2.24) is 4.57 Å². The first-order chi connectivity index (χ1) is 9.11. The third kappa shape index (κ3) is 1.78. The Morgan fingerprint density at radius 1 is 1.11 bits per heavy atom. The molecule has 0 N–H and O–H groups in total. The highest BCUT2D eigenvalue weighted by Gasteiger charge is 2.14. The first kappa shape index (κ1) is 12.1. The molecule has 0 fully saturated rings. The molecule has 3 rings (SSSR count). The third-order valence-electron chi connectivity index (χ3n) is 3.25. The van der Waals surface area contributed by atoms with E-state index in [1.54, 1.807) is 24.7 Å². The second-order valence-corrected chi connectivity index (χ2v) is 4.84. The molecule has 0 saturated carbocycles. The van der Waals surface area contributed by atoms with Crippen molar-refractivity contribution in [2.24, 2.45) is 0 Å². The molecule has 0 aliphatic carbocycles. The standard InChI is InChI=1S/C15H12ClNO2/c1-9(18)17-14-5-3-10(16)7-12(14)13-8-11(19-2)4-6-15(13)17/h3-8H,1-2H3. The van der Waals surface area contributed by atoms with E-state index in [9.17, 15) is 4.79 Å². The zero-order valence-corrected chi connectivity index (χ0v) is 11.4. The molecule has 0 aliphatic heterocycles. The number of fused-ring (bicyclic) bond motifs is 3. The van der Waals surface area contributed by atoms with Gasteiger partial charge >= 0.3 is 0 Å². The zero-order valence-electron chi connectivity index (χ0n) is 10.6.